The zero-order chi connectivity index (χ0) is 19.3. The topological polar surface area (TPSA) is 88.1 Å². The number of aliphatic imine (C=N–C) groups is 1. The number of piperidine rings is 1. The molecule has 1 aromatic rings. The van der Waals surface area contributed by atoms with E-state index in [0.29, 0.717) is 5.69 Å². The van der Waals surface area contributed by atoms with E-state index in [2.05, 4.69) is 25.5 Å². The Morgan fingerprint density at radius 3 is 2.85 bits per heavy atom. The lowest BCUT2D eigenvalue weighted by Crippen LogP contribution is -2.47. The highest BCUT2D eigenvalue weighted by Crippen LogP contribution is 2.14. The van der Waals surface area contributed by atoms with E-state index in [4.69, 9.17) is 9.47 Å². The van der Waals surface area contributed by atoms with E-state index in [1.165, 1.54) is 0 Å². The standard InChI is InChI=1S/C19H31N5O3/c1-3-21-19(22-15-18(25)23-16-6-4-9-20-14-16)24-10-7-17(8-11-24)27-13-5-12-26-2/h4,6,9,14,17H,3,5,7-8,10-13,15H2,1-2H3,(H,21,22)(H,23,25). The SMILES string of the molecule is CCNC(=NCC(=O)Nc1cccnc1)N1CCC(OCCCOC)CC1. The average molecular weight is 377 g/mol. The van der Waals surface area contributed by atoms with Gasteiger partial charge in [0.2, 0.25) is 5.91 Å². The molecule has 8 heteroatoms. The van der Waals surface area contributed by atoms with E-state index < -0.39 is 0 Å². The first-order valence-corrected chi connectivity index (χ1v) is 9.56. The highest BCUT2D eigenvalue weighted by molar-refractivity contribution is 5.93. The van der Waals surface area contributed by atoms with Crippen molar-refractivity contribution in [3.05, 3.63) is 24.5 Å². The molecule has 2 N–H and O–H groups in total. The molecule has 27 heavy (non-hydrogen) atoms. The fourth-order valence-electron chi connectivity index (χ4n) is 2.90. The van der Waals surface area contributed by atoms with Gasteiger partial charge < -0.3 is 25.0 Å². The summed E-state index contributed by atoms with van der Waals surface area (Å²) in [6.45, 7) is 6.06. The van der Waals surface area contributed by atoms with Gasteiger partial charge in [-0.25, -0.2) is 4.99 Å². The number of carbonyl (C=O) groups excluding carboxylic acids is 1. The quantitative estimate of drug-likeness (QED) is 0.385. The molecular weight excluding hydrogens is 346 g/mol. The molecule has 0 bridgehead atoms. The summed E-state index contributed by atoms with van der Waals surface area (Å²) in [6, 6.07) is 3.58. The number of amides is 1. The highest BCUT2D eigenvalue weighted by Gasteiger charge is 2.22. The molecule has 1 saturated heterocycles. The number of hydrogen-bond donors (Lipinski definition) is 2. The third-order valence-electron chi connectivity index (χ3n) is 4.24. The van der Waals surface area contributed by atoms with Crippen molar-refractivity contribution in [3.63, 3.8) is 0 Å². The highest BCUT2D eigenvalue weighted by atomic mass is 16.5. The number of likely N-dealkylation sites (tertiary alicyclic amines) is 1. The smallest absolute Gasteiger partial charge is 0.246 e. The van der Waals surface area contributed by atoms with Gasteiger partial charge in [0.25, 0.3) is 0 Å². The second kappa shape index (κ2) is 12.2. The van der Waals surface area contributed by atoms with Crippen molar-refractivity contribution in [2.24, 2.45) is 4.99 Å². The molecule has 0 spiro atoms. The number of anilines is 1. The number of aromatic nitrogens is 1. The third kappa shape index (κ3) is 7.92. The van der Waals surface area contributed by atoms with Crippen LogP contribution >= 0.6 is 0 Å². The van der Waals surface area contributed by atoms with Gasteiger partial charge in [0.05, 0.1) is 18.0 Å². The fraction of sp³-hybridized carbons (Fsp3) is 0.632. The number of ether oxygens (including phenoxy) is 2. The van der Waals surface area contributed by atoms with Gasteiger partial charge in [-0.15, -0.1) is 0 Å². The van der Waals surface area contributed by atoms with Crippen molar-refractivity contribution in [2.45, 2.75) is 32.3 Å². The summed E-state index contributed by atoms with van der Waals surface area (Å²) in [5.74, 6) is 0.617. The Labute approximate surface area is 161 Å². The molecule has 2 heterocycles. The molecule has 0 aromatic carbocycles. The molecular formula is C19H31N5O3. The van der Waals surface area contributed by atoms with E-state index in [1.807, 2.05) is 6.92 Å². The minimum absolute atomic E-state index is 0.0741. The second-order valence-corrected chi connectivity index (χ2v) is 6.36. The average Bonchev–Trinajstić information content (AvgIpc) is 2.70. The minimum atomic E-state index is -0.158. The Kier molecular flexibility index (Phi) is 9.57. The number of rotatable bonds is 9. The van der Waals surface area contributed by atoms with E-state index in [-0.39, 0.29) is 18.6 Å². The zero-order valence-electron chi connectivity index (χ0n) is 16.3. The van der Waals surface area contributed by atoms with Crippen LogP contribution in [0.5, 0.6) is 0 Å². The third-order valence-corrected chi connectivity index (χ3v) is 4.24. The molecule has 0 aliphatic carbocycles. The molecule has 150 valence electrons. The van der Waals surface area contributed by atoms with Gasteiger partial charge in [0.1, 0.15) is 6.54 Å². The zero-order valence-corrected chi connectivity index (χ0v) is 16.3. The molecule has 1 aliphatic heterocycles. The Morgan fingerprint density at radius 2 is 2.19 bits per heavy atom. The summed E-state index contributed by atoms with van der Waals surface area (Å²) < 4.78 is 10.9. The van der Waals surface area contributed by atoms with Gasteiger partial charge >= 0.3 is 0 Å². The number of pyridine rings is 1. The predicted octanol–water partition coefficient (Wildman–Crippen LogP) is 1.50. The Morgan fingerprint density at radius 1 is 1.37 bits per heavy atom. The van der Waals surface area contributed by atoms with Crippen molar-refractivity contribution < 1.29 is 14.3 Å². The lowest BCUT2D eigenvalue weighted by Gasteiger charge is -2.34. The maximum Gasteiger partial charge on any atom is 0.246 e. The first-order chi connectivity index (χ1) is 13.2. The van der Waals surface area contributed by atoms with E-state index in [1.54, 1.807) is 31.6 Å². The van der Waals surface area contributed by atoms with E-state index in [9.17, 15) is 4.79 Å². The first-order valence-electron chi connectivity index (χ1n) is 9.56. The summed E-state index contributed by atoms with van der Waals surface area (Å²) in [7, 11) is 1.71. The van der Waals surface area contributed by atoms with Crippen LogP contribution < -0.4 is 10.6 Å². The number of nitrogens with zero attached hydrogens (tertiary/aromatic N) is 3. The second-order valence-electron chi connectivity index (χ2n) is 6.36. The molecule has 1 aromatic heterocycles. The van der Waals surface area contributed by atoms with Crippen molar-refractivity contribution in [1.29, 1.82) is 0 Å². The molecule has 1 amide bonds. The normalized spacial score (nSPS) is 15.6. The van der Waals surface area contributed by atoms with Crippen LogP contribution in [0.1, 0.15) is 26.2 Å². The molecule has 1 aliphatic rings. The van der Waals surface area contributed by atoms with Crippen LogP contribution in [-0.4, -0.2) is 74.4 Å². The van der Waals surface area contributed by atoms with Gasteiger partial charge in [-0.3, -0.25) is 9.78 Å². The maximum atomic E-state index is 12.1. The molecule has 0 atom stereocenters. The van der Waals surface area contributed by atoms with Crippen LogP contribution in [0.25, 0.3) is 0 Å². The van der Waals surface area contributed by atoms with Gasteiger partial charge in [-0.2, -0.15) is 0 Å². The lowest BCUT2D eigenvalue weighted by molar-refractivity contribution is -0.114. The van der Waals surface area contributed by atoms with Crippen molar-refractivity contribution in [3.8, 4) is 0 Å². The molecule has 0 unspecified atom stereocenters. The van der Waals surface area contributed by atoms with Gasteiger partial charge in [0, 0.05) is 46.2 Å². The molecule has 2 rings (SSSR count). The van der Waals surface area contributed by atoms with Crippen molar-refractivity contribution >= 4 is 17.6 Å². The van der Waals surface area contributed by atoms with Crippen LogP contribution in [0, 0.1) is 0 Å². The summed E-state index contributed by atoms with van der Waals surface area (Å²) in [6.07, 6.45) is 6.41. The molecule has 0 radical (unpaired) electrons. The maximum absolute atomic E-state index is 12.1. The number of guanidine groups is 1. The monoisotopic (exact) mass is 377 g/mol. The van der Waals surface area contributed by atoms with Crippen LogP contribution in [-0.2, 0) is 14.3 Å². The van der Waals surface area contributed by atoms with Crippen molar-refractivity contribution in [1.82, 2.24) is 15.2 Å². The van der Waals surface area contributed by atoms with E-state index in [0.717, 1.165) is 58.1 Å². The summed E-state index contributed by atoms with van der Waals surface area (Å²) >= 11 is 0. The van der Waals surface area contributed by atoms with Crippen LogP contribution in [0.2, 0.25) is 0 Å². The van der Waals surface area contributed by atoms with Gasteiger partial charge in [-0.1, -0.05) is 0 Å². The van der Waals surface area contributed by atoms with Gasteiger partial charge in [0.15, 0.2) is 5.96 Å². The molecule has 8 nitrogen and oxygen atoms in total. The summed E-state index contributed by atoms with van der Waals surface area (Å²) in [5.41, 5.74) is 0.675. The lowest BCUT2D eigenvalue weighted by atomic mass is 10.1. The Balaban J connectivity index is 1.78. The Bertz CT molecular complexity index is 574. The minimum Gasteiger partial charge on any atom is -0.385 e. The molecule has 1 fully saturated rings. The van der Waals surface area contributed by atoms with E-state index >= 15 is 0 Å². The summed E-state index contributed by atoms with van der Waals surface area (Å²) in [4.78, 5) is 22.8. The number of methoxy groups -OCH3 is 1. The number of hydrogen-bond acceptors (Lipinski definition) is 5. The van der Waals surface area contributed by atoms with Crippen LogP contribution in [0.4, 0.5) is 5.69 Å². The number of nitrogens with one attached hydrogen (secondary N) is 2. The summed E-state index contributed by atoms with van der Waals surface area (Å²) in [5, 5.41) is 6.07. The first kappa shape index (κ1) is 21.1. The largest absolute Gasteiger partial charge is 0.385 e. The molecule has 0 saturated carbocycles. The van der Waals surface area contributed by atoms with Crippen LogP contribution in [0.3, 0.4) is 0 Å². The Hall–Kier alpha value is -2.19. The van der Waals surface area contributed by atoms with Crippen molar-refractivity contribution in [2.75, 3.05) is 51.8 Å². The fourth-order valence-corrected chi connectivity index (χ4v) is 2.90. The predicted molar refractivity (Wildman–Crippen MR) is 106 cm³/mol. The number of carbonyl (C=O) groups is 1. The van der Waals surface area contributed by atoms with Gasteiger partial charge in [-0.05, 0) is 38.3 Å². The van der Waals surface area contributed by atoms with Crippen LogP contribution in [0.15, 0.2) is 29.5 Å².